The Hall–Kier alpha value is -1.79. The smallest absolute Gasteiger partial charge is 0.191 e. The number of aliphatic hydroxyl groups excluding tert-OH is 2. The Morgan fingerprint density at radius 3 is 2.19 bits per heavy atom. The van der Waals surface area contributed by atoms with Gasteiger partial charge in [-0.3, -0.25) is 0 Å². The first-order valence-corrected chi connectivity index (χ1v) is 9.06. The minimum atomic E-state index is -0.517. The zero-order valence-corrected chi connectivity index (χ0v) is 16.1. The van der Waals surface area contributed by atoms with E-state index >= 15 is 0 Å². The maximum absolute atomic E-state index is 10.0. The first-order chi connectivity index (χ1) is 12.2. The minimum absolute atomic E-state index is 0. The SMILES string of the molecule is Cc1nc(-c2ccc(Sc3ccc(C(O)CCCO)cc3)cc2)co1.Cl. The summed E-state index contributed by atoms with van der Waals surface area (Å²) in [4.78, 5) is 6.58. The van der Waals surface area contributed by atoms with E-state index in [0.29, 0.717) is 18.7 Å². The van der Waals surface area contributed by atoms with Crippen molar-refractivity contribution in [3.05, 3.63) is 66.2 Å². The number of benzene rings is 2. The van der Waals surface area contributed by atoms with Crippen molar-refractivity contribution in [1.29, 1.82) is 0 Å². The number of aryl methyl sites for hydroxylation is 1. The zero-order valence-electron chi connectivity index (χ0n) is 14.5. The lowest BCUT2D eigenvalue weighted by Crippen LogP contribution is -1.98. The van der Waals surface area contributed by atoms with E-state index < -0.39 is 6.10 Å². The highest BCUT2D eigenvalue weighted by Crippen LogP contribution is 2.31. The summed E-state index contributed by atoms with van der Waals surface area (Å²) in [5, 5.41) is 18.9. The molecule has 4 nitrogen and oxygen atoms in total. The third-order valence-corrected chi connectivity index (χ3v) is 4.92. The lowest BCUT2D eigenvalue weighted by molar-refractivity contribution is 0.152. The van der Waals surface area contributed by atoms with Crippen LogP contribution in [0.4, 0.5) is 0 Å². The zero-order chi connectivity index (χ0) is 17.6. The third kappa shape index (κ3) is 5.35. The summed E-state index contributed by atoms with van der Waals surface area (Å²) >= 11 is 1.67. The predicted molar refractivity (Wildman–Crippen MR) is 106 cm³/mol. The molecule has 0 saturated heterocycles. The van der Waals surface area contributed by atoms with Crippen LogP contribution in [0.25, 0.3) is 11.3 Å². The average molecular weight is 392 g/mol. The molecule has 0 fully saturated rings. The predicted octanol–water partition coefficient (Wildman–Crippen LogP) is 5.03. The van der Waals surface area contributed by atoms with Crippen molar-refractivity contribution in [2.24, 2.45) is 0 Å². The van der Waals surface area contributed by atoms with E-state index in [1.165, 1.54) is 0 Å². The molecule has 0 saturated carbocycles. The Bertz CT molecular complexity index is 803. The van der Waals surface area contributed by atoms with Crippen molar-refractivity contribution in [2.45, 2.75) is 35.7 Å². The molecule has 26 heavy (non-hydrogen) atoms. The largest absolute Gasteiger partial charge is 0.449 e. The Morgan fingerprint density at radius 1 is 1.04 bits per heavy atom. The van der Waals surface area contributed by atoms with Gasteiger partial charge in [0.15, 0.2) is 5.89 Å². The van der Waals surface area contributed by atoms with Crippen molar-refractivity contribution < 1.29 is 14.6 Å². The van der Waals surface area contributed by atoms with Crippen LogP contribution in [0, 0.1) is 6.92 Å². The van der Waals surface area contributed by atoms with E-state index in [1.54, 1.807) is 18.0 Å². The van der Waals surface area contributed by atoms with E-state index in [9.17, 15) is 5.11 Å². The van der Waals surface area contributed by atoms with Crippen LogP contribution in [0.2, 0.25) is 0 Å². The summed E-state index contributed by atoms with van der Waals surface area (Å²) < 4.78 is 5.25. The first kappa shape index (κ1) is 20.5. The number of oxazole rings is 1. The highest BCUT2D eigenvalue weighted by Gasteiger charge is 2.08. The van der Waals surface area contributed by atoms with Crippen LogP contribution in [-0.4, -0.2) is 21.8 Å². The normalized spacial score (nSPS) is 11.8. The minimum Gasteiger partial charge on any atom is -0.449 e. The van der Waals surface area contributed by atoms with Crippen molar-refractivity contribution in [3.63, 3.8) is 0 Å². The fraction of sp³-hybridized carbons (Fsp3) is 0.250. The number of aromatic nitrogens is 1. The molecule has 1 heterocycles. The van der Waals surface area contributed by atoms with Gasteiger partial charge in [0.25, 0.3) is 0 Å². The quantitative estimate of drug-likeness (QED) is 0.591. The summed E-state index contributed by atoms with van der Waals surface area (Å²) in [6.07, 6.45) is 2.33. The molecule has 138 valence electrons. The molecule has 0 amide bonds. The first-order valence-electron chi connectivity index (χ1n) is 8.25. The molecule has 2 N–H and O–H groups in total. The summed E-state index contributed by atoms with van der Waals surface area (Å²) in [5.74, 6) is 0.662. The van der Waals surface area contributed by atoms with Gasteiger partial charge < -0.3 is 14.6 Å². The molecule has 6 heteroatoms. The summed E-state index contributed by atoms with van der Waals surface area (Å²) in [6.45, 7) is 1.94. The van der Waals surface area contributed by atoms with E-state index in [2.05, 4.69) is 17.1 Å². The van der Waals surface area contributed by atoms with E-state index in [-0.39, 0.29) is 19.0 Å². The number of aliphatic hydroxyl groups is 2. The van der Waals surface area contributed by atoms with Gasteiger partial charge in [-0.1, -0.05) is 36.0 Å². The van der Waals surface area contributed by atoms with Gasteiger partial charge in [-0.2, -0.15) is 0 Å². The molecular weight excluding hydrogens is 370 g/mol. The van der Waals surface area contributed by atoms with Crippen LogP contribution in [-0.2, 0) is 0 Å². The van der Waals surface area contributed by atoms with E-state index in [0.717, 1.165) is 26.6 Å². The molecular formula is C20H22ClNO3S. The van der Waals surface area contributed by atoms with Crippen LogP contribution < -0.4 is 0 Å². The number of hydrogen-bond donors (Lipinski definition) is 2. The molecule has 1 atom stereocenters. The van der Waals surface area contributed by atoms with Gasteiger partial charge in [0.2, 0.25) is 0 Å². The molecule has 1 unspecified atom stereocenters. The van der Waals surface area contributed by atoms with Gasteiger partial charge in [-0.05, 0) is 42.7 Å². The van der Waals surface area contributed by atoms with Crippen molar-refractivity contribution >= 4 is 24.2 Å². The van der Waals surface area contributed by atoms with Crippen LogP contribution in [0.5, 0.6) is 0 Å². The second-order valence-corrected chi connectivity index (χ2v) is 6.98. The van der Waals surface area contributed by atoms with Crippen LogP contribution in [0.1, 0.15) is 30.4 Å². The molecule has 1 aromatic heterocycles. The van der Waals surface area contributed by atoms with Gasteiger partial charge in [0, 0.05) is 28.9 Å². The van der Waals surface area contributed by atoms with Crippen molar-refractivity contribution in [1.82, 2.24) is 4.98 Å². The second kappa shape index (κ2) is 9.78. The molecule has 0 aliphatic carbocycles. The Labute approximate surface area is 163 Å². The lowest BCUT2D eigenvalue weighted by atomic mass is 10.1. The number of nitrogens with zero attached hydrogens (tertiary/aromatic N) is 1. The maximum Gasteiger partial charge on any atom is 0.191 e. The summed E-state index contributed by atoms with van der Waals surface area (Å²) in [7, 11) is 0. The molecule has 0 aliphatic heterocycles. The topological polar surface area (TPSA) is 66.5 Å². The van der Waals surface area contributed by atoms with Gasteiger partial charge in [-0.25, -0.2) is 4.98 Å². The Balaban J connectivity index is 0.00000243. The number of rotatable bonds is 7. The molecule has 0 aliphatic rings. The third-order valence-electron chi connectivity index (χ3n) is 3.91. The lowest BCUT2D eigenvalue weighted by Gasteiger charge is -2.11. The molecule has 0 radical (unpaired) electrons. The van der Waals surface area contributed by atoms with E-state index in [4.69, 9.17) is 9.52 Å². The standard InChI is InChI=1S/C20H21NO3S.ClH/c1-14-21-19(13-24-14)15-4-8-17(9-5-15)25-18-10-6-16(7-11-18)20(23)3-2-12-22;/h4-11,13,20,22-23H,2-3,12H2,1H3;1H. The fourth-order valence-electron chi connectivity index (χ4n) is 2.54. The van der Waals surface area contributed by atoms with Crippen molar-refractivity contribution in [2.75, 3.05) is 6.61 Å². The van der Waals surface area contributed by atoms with Crippen LogP contribution in [0.3, 0.4) is 0 Å². The van der Waals surface area contributed by atoms with Crippen LogP contribution in [0.15, 0.2) is 69.0 Å². The highest BCUT2D eigenvalue weighted by molar-refractivity contribution is 7.99. The maximum atomic E-state index is 10.0. The van der Waals surface area contributed by atoms with E-state index in [1.807, 2.05) is 43.3 Å². The summed E-state index contributed by atoms with van der Waals surface area (Å²) in [6, 6.07) is 16.1. The van der Waals surface area contributed by atoms with Gasteiger partial charge in [-0.15, -0.1) is 12.4 Å². The summed E-state index contributed by atoms with van der Waals surface area (Å²) in [5.41, 5.74) is 2.76. The second-order valence-electron chi connectivity index (χ2n) is 5.83. The Morgan fingerprint density at radius 2 is 1.65 bits per heavy atom. The fourth-order valence-corrected chi connectivity index (χ4v) is 3.35. The van der Waals surface area contributed by atoms with Gasteiger partial charge in [0.05, 0.1) is 6.10 Å². The van der Waals surface area contributed by atoms with Crippen molar-refractivity contribution in [3.8, 4) is 11.3 Å². The molecule has 0 spiro atoms. The molecule has 0 bridgehead atoms. The Kier molecular flexibility index (Phi) is 7.72. The number of halogens is 1. The van der Waals surface area contributed by atoms with Gasteiger partial charge in [0.1, 0.15) is 12.0 Å². The highest BCUT2D eigenvalue weighted by atomic mass is 35.5. The molecule has 2 aromatic carbocycles. The molecule has 3 aromatic rings. The van der Waals surface area contributed by atoms with Gasteiger partial charge >= 0.3 is 0 Å². The number of hydrogen-bond acceptors (Lipinski definition) is 5. The monoisotopic (exact) mass is 391 g/mol. The average Bonchev–Trinajstić information content (AvgIpc) is 3.07. The van der Waals surface area contributed by atoms with Crippen LogP contribution >= 0.6 is 24.2 Å². The molecule has 3 rings (SSSR count).